The molecule has 0 fully saturated rings. The van der Waals surface area contributed by atoms with E-state index in [1.54, 1.807) is 7.11 Å². The number of anilines is 1. The van der Waals surface area contributed by atoms with Crippen molar-refractivity contribution in [3.05, 3.63) is 29.8 Å². The molecule has 1 aromatic rings. The van der Waals surface area contributed by atoms with Crippen LogP contribution in [0.3, 0.4) is 0 Å². The van der Waals surface area contributed by atoms with E-state index in [0.717, 1.165) is 25.1 Å². The van der Waals surface area contributed by atoms with Crippen molar-refractivity contribution >= 4 is 11.6 Å². The molecule has 0 aliphatic carbocycles. The molecule has 1 heterocycles. The lowest BCUT2D eigenvalue weighted by Crippen LogP contribution is -2.30. The minimum absolute atomic E-state index is 0.122. The molecule has 1 aliphatic rings. The van der Waals surface area contributed by atoms with Crippen LogP contribution in [0.4, 0.5) is 5.69 Å². The van der Waals surface area contributed by atoms with Gasteiger partial charge in [-0.2, -0.15) is 0 Å². The largest absolute Gasteiger partial charge is 0.382 e. The number of amides is 1. The number of hydrogen-bond donors (Lipinski definition) is 1. The Bertz CT molecular complexity index is 462. The summed E-state index contributed by atoms with van der Waals surface area (Å²) in [7, 11) is 1.68. The highest BCUT2D eigenvalue weighted by Gasteiger charge is 2.31. The molecule has 0 saturated carbocycles. The second-order valence-corrected chi connectivity index (χ2v) is 5.42. The van der Waals surface area contributed by atoms with Gasteiger partial charge in [-0.1, -0.05) is 18.2 Å². The highest BCUT2D eigenvalue weighted by molar-refractivity contribution is 5.95. The molecule has 2 unspecified atom stereocenters. The molecule has 0 radical (unpaired) electrons. The molecule has 4 heteroatoms. The lowest BCUT2D eigenvalue weighted by Gasteiger charge is -2.19. The minimum Gasteiger partial charge on any atom is -0.382 e. The first-order valence-corrected chi connectivity index (χ1v) is 7.29. The fourth-order valence-corrected chi connectivity index (χ4v) is 2.76. The first-order valence-electron chi connectivity index (χ1n) is 7.29. The van der Waals surface area contributed by atoms with Gasteiger partial charge in [0.25, 0.3) is 0 Å². The van der Waals surface area contributed by atoms with Gasteiger partial charge in [0.2, 0.25) is 5.91 Å². The molecule has 2 atom stereocenters. The normalized spacial score (nSPS) is 18.9. The predicted molar refractivity (Wildman–Crippen MR) is 80.9 cm³/mol. The summed E-state index contributed by atoms with van der Waals surface area (Å²) in [4.78, 5) is 14.3. The van der Waals surface area contributed by atoms with E-state index < -0.39 is 0 Å². The number of methoxy groups -OCH3 is 1. The Morgan fingerprint density at radius 3 is 2.95 bits per heavy atom. The van der Waals surface area contributed by atoms with Gasteiger partial charge >= 0.3 is 0 Å². The number of fused-ring (bicyclic) bond motifs is 1. The maximum absolute atomic E-state index is 12.4. The number of rotatable bonds is 6. The lowest BCUT2D eigenvalue weighted by atomic mass is 9.98. The Balaban J connectivity index is 2.08. The Labute approximate surface area is 120 Å². The van der Waals surface area contributed by atoms with E-state index in [1.807, 2.05) is 30.0 Å². The third-order valence-corrected chi connectivity index (χ3v) is 4.05. The van der Waals surface area contributed by atoms with Crippen LogP contribution in [-0.4, -0.2) is 32.2 Å². The second kappa shape index (κ2) is 6.86. The molecule has 2 rings (SSSR count). The molecule has 0 bridgehead atoms. The molecule has 1 aliphatic heterocycles. The van der Waals surface area contributed by atoms with Crippen LogP contribution in [0.1, 0.15) is 37.7 Å². The average Bonchev–Trinajstić information content (AvgIpc) is 2.84. The van der Waals surface area contributed by atoms with Crippen LogP contribution in [0.25, 0.3) is 0 Å². The van der Waals surface area contributed by atoms with Gasteiger partial charge < -0.3 is 15.4 Å². The number of carbonyl (C=O) groups is 1. The minimum atomic E-state index is 0.122. The van der Waals surface area contributed by atoms with Crippen LogP contribution in [0.15, 0.2) is 24.3 Å². The molecule has 4 nitrogen and oxygen atoms in total. The summed E-state index contributed by atoms with van der Waals surface area (Å²) < 4.78 is 5.21. The van der Waals surface area contributed by atoms with Crippen LogP contribution in [-0.2, 0) is 9.53 Å². The van der Waals surface area contributed by atoms with Crippen molar-refractivity contribution in [1.29, 1.82) is 0 Å². The van der Waals surface area contributed by atoms with E-state index >= 15 is 0 Å². The zero-order chi connectivity index (χ0) is 14.5. The van der Waals surface area contributed by atoms with Crippen LogP contribution in [0, 0.1) is 0 Å². The quantitative estimate of drug-likeness (QED) is 0.867. The Morgan fingerprint density at radius 1 is 1.50 bits per heavy atom. The molecule has 1 aromatic carbocycles. The zero-order valence-corrected chi connectivity index (χ0v) is 12.3. The summed E-state index contributed by atoms with van der Waals surface area (Å²) >= 11 is 0. The Hall–Kier alpha value is -1.39. The monoisotopic (exact) mass is 276 g/mol. The fourth-order valence-electron chi connectivity index (χ4n) is 2.76. The summed E-state index contributed by atoms with van der Waals surface area (Å²) in [6.07, 6.45) is 2.33. The van der Waals surface area contributed by atoms with Crippen LogP contribution >= 0.6 is 0 Å². The topological polar surface area (TPSA) is 55.6 Å². The van der Waals surface area contributed by atoms with Gasteiger partial charge in [-0.05, 0) is 37.9 Å². The molecule has 110 valence electrons. The van der Waals surface area contributed by atoms with Gasteiger partial charge in [-0.3, -0.25) is 4.79 Å². The predicted octanol–water partition coefficient (Wildman–Crippen LogP) is 2.28. The Kier molecular flexibility index (Phi) is 5.15. The van der Waals surface area contributed by atoms with Crippen molar-refractivity contribution < 1.29 is 9.53 Å². The van der Waals surface area contributed by atoms with Gasteiger partial charge in [0, 0.05) is 31.7 Å². The number of carbonyl (C=O) groups excluding carboxylic acids is 1. The van der Waals surface area contributed by atoms with Crippen LogP contribution in [0.2, 0.25) is 0 Å². The summed E-state index contributed by atoms with van der Waals surface area (Å²) in [6, 6.07) is 8.16. The average molecular weight is 276 g/mol. The van der Waals surface area contributed by atoms with E-state index in [-0.39, 0.29) is 12.0 Å². The van der Waals surface area contributed by atoms with Crippen molar-refractivity contribution in [1.82, 2.24) is 0 Å². The summed E-state index contributed by atoms with van der Waals surface area (Å²) in [6.45, 7) is 3.40. The van der Waals surface area contributed by atoms with Gasteiger partial charge in [0.15, 0.2) is 0 Å². The molecular formula is C16H24N2O2. The van der Waals surface area contributed by atoms with Crippen molar-refractivity contribution in [2.75, 3.05) is 25.1 Å². The second-order valence-electron chi connectivity index (χ2n) is 5.42. The lowest BCUT2D eigenvalue weighted by molar-refractivity contribution is -0.119. The molecule has 20 heavy (non-hydrogen) atoms. The highest BCUT2D eigenvalue weighted by Crippen LogP contribution is 2.38. The van der Waals surface area contributed by atoms with Gasteiger partial charge in [0.1, 0.15) is 0 Å². The number of benzene rings is 1. The third kappa shape index (κ3) is 3.19. The fraction of sp³-hybridized carbons (Fsp3) is 0.562. The number of nitrogens with zero attached hydrogens (tertiary/aromatic N) is 1. The number of hydrogen-bond acceptors (Lipinski definition) is 3. The maximum Gasteiger partial charge on any atom is 0.227 e. The molecule has 2 N–H and O–H groups in total. The first kappa shape index (κ1) is 15.0. The van der Waals surface area contributed by atoms with Gasteiger partial charge in [-0.15, -0.1) is 0 Å². The summed E-state index contributed by atoms with van der Waals surface area (Å²) in [5.74, 6) is 0.556. The zero-order valence-electron chi connectivity index (χ0n) is 12.3. The smallest absolute Gasteiger partial charge is 0.227 e. The highest BCUT2D eigenvalue weighted by atomic mass is 16.5. The first-order chi connectivity index (χ1) is 9.67. The van der Waals surface area contributed by atoms with E-state index in [0.29, 0.717) is 18.9 Å². The van der Waals surface area contributed by atoms with Crippen molar-refractivity contribution in [2.45, 2.75) is 38.2 Å². The van der Waals surface area contributed by atoms with Crippen molar-refractivity contribution in [3.63, 3.8) is 0 Å². The summed E-state index contributed by atoms with van der Waals surface area (Å²) in [5, 5.41) is 0. The van der Waals surface area contributed by atoms with Crippen molar-refractivity contribution in [3.8, 4) is 0 Å². The SMILES string of the molecule is COC(C)CCC(=O)N1CC(CCN)c2ccccc21. The Morgan fingerprint density at radius 2 is 2.25 bits per heavy atom. The van der Waals surface area contributed by atoms with Gasteiger partial charge in [0.05, 0.1) is 6.10 Å². The van der Waals surface area contributed by atoms with E-state index in [9.17, 15) is 4.79 Å². The third-order valence-electron chi connectivity index (χ3n) is 4.05. The number of nitrogens with two attached hydrogens (primary N) is 1. The molecule has 0 aromatic heterocycles. The molecular weight excluding hydrogens is 252 g/mol. The van der Waals surface area contributed by atoms with E-state index in [2.05, 4.69) is 6.07 Å². The molecule has 0 spiro atoms. The number of ether oxygens (including phenoxy) is 1. The standard InChI is InChI=1S/C16H24N2O2/c1-12(20-2)7-8-16(19)18-11-13(9-10-17)14-5-3-4-6-15(14)18/h3-6,12-13H,7-11,17H2,1-2H3. The molecule has 0 saturated heterocycles. The van der Waals surface area contributed by atoms with E-state index in [4.69, 9.17) is 10.5 Å². The summed E-state index contributed by atoms with van der Waals surface area (Å²) in [5.41, 5.74) is 8.00. The van der Waals surface area contributed by atoms with Crippen LogP contribution in [0.5, 0.6) is 0 Å². The van der Waals surface area contributed by atoms with Gasteiger partial charge in [-0.25, -0.2) is 0 Å². The van der Waals surface area contributed by atoms with Crippen molar-refractivity contribution in [2.24, 2.45) is 5.73 Å². The molecule has 1 amide bonds. The maximum atomic E-state index is 12.4. The number of para-hydroxylation sites is 1. The van der Waals surface area contributed by atoms with Crippen LogP contribution < -0.4 is 10.6 Å². The van der Waals surface area contributed by atoms with E-state index in [1.165, 1.54) is 5.56 Å².